The van der Waals surface area contributed by atoms with Gasteiger partial charge in [-0.25, -0.2) is 8.42 Å². The van der Waals surface area contributed by atoms with Gasteiger partial charge in [0, 0.05) is 11.1 Å². The Kier molecular flexibility index (Phi) is 6.50. The van der Waals surface area contributed by atoms with Gasteiger partial charge in [-0.05, 0) is 88.0 Å². The molecule has 2 heterocycles. The summed E-state index contributed by atoms with van der Waals surface area (Å²) >= 11 is 0. The molecular formula is C25H28F3NO2S. The maximum absolute atomic E-state index is 13.0. The van der Waals surface area contributed by atoms with Gasteiger partial charge >= 0.3 is 6.18 Å². The summed E-state index contributed by atoms with van der Waals surface area (Å²) in [4.78, 5) is 2.95. The van der Waals surface area contributed by atoms with E-state index in [1.807, 2.05) is 6.07 Å². The van der Waals surface area contributed by atoms with Crippen LogP contribution in [0.4, 0.5) is 13.2 Å². The smallest absolute Gasteiger partial charge is 0.303 e. The van der Waals surface area contributed by atoms with E-state index in [1.54, 1.807) is 12.1 Å². The Morgan fingerprint density at radius 2 is 1.62 bits per heavy atom. The number of sulfone groups is 1. The molecule has 0 unspecified atom stereocenters. The van der Waals surface area contributed by atoms with Gasteiger partial charge in [0.15, 0.2) is 0 Å². The molecule has 2 aliphatic rings. The van der Waals surface area contributed by atoms with Gasteiger partial charge in [0.2, 0.25) is 9.84 Å². The van der Waals surface area contributed by atoms with E-state index in [0.717, 1.165) is 43.5 Å². The summed E-state index contributed by atoms with van der Waals surface area (Å²) in [5.74, 6) is 0. The maximum atomic E-state index is 13.0. The number of hydrogen-bond donors (Lipinski definition) is 0. The Hall–Kier alpha value is -2.12. The van der Waals surface area contributed by atoms with Crippen LogP contribution in [0.3, 0.4) is 0 Å². The molecule has 7 heteroatoms. The summed E-state index contributed by atoms with van der Waals surface area (Å²) in [6.45, 7) is 4.96. The minimum absolute atomic E-state index is 0.189. The number of nitrogens with zero attached hydrogens (tertiary/aromatic N) is 1. The molecular weight excluding hydrogens is 435 g/mol. The summed E-state index contributed by atoms with van der Waals surface area (Å²) < 4.78 is 64.8. The number of aryl methyl sites for hydroxylation is 1. The molecule has 0 amide bonds. The highest BCUT2D eigenvalue weighted by atomic mass is 32.2. The first kappa shape index (κ1) is 23.1. The van der Waals surface area contributed by atoms with Gasteiger partial charge < -0.3 is 4.90 Å². The second-order valence-corrected chi connectivity index (χ2v) is 10.8. The Morgan fingerprint density at radius 1 is 0.938 bits per heavy atom. The molecule has 2 aliphatic heterocycles. The molecule has 2 aromatic carbocycles. The molecule has 1 fully saturated rings. The molecule has 0 saturated carbocycles. The van der Waals surface area contributed by atoms with Gasteiger partial charge in [-0.15, -0.1) is 0 Å². The van der Waals surface area contributed by atoms with E-state index in [9.17, 15) is 21.6 Å². The topological polar surface area (TPSA) is 37.4 Å². The summed E-state index contributed by atoms with van der Waals surface area (Å²) in [5.41, 5.74) is 1.77. The van der Waals surface area contributed by atoms with Crippen molar-refractivity contribution in [3.8, 4) is 0 Å². The third-order valence-corrected chi connectivity index (χ3v) is 8.43. The van der Waals surface area contributed by atoms with Gasteiger partial charge in [0.1, 0.15) is 0 Å². The Morgan fingerprint density at radius 3 is 2.28 bits per heavy atom. The van der Waals surface area contributed by atoms with Crippen LogP contribution in [0.2, 0.25) is 0 Å². The number of benzene rings is 2. The minimum Gasteiger partial charge on any atom is -0.303 e. The van der Waals surface area contributed by atoms with Crippen molar-refractivity contribution in [1.82, 2.24) is 4.90 Å². The highest BCUT2D eigenvalue weighted by molar-refractivity contribution is 7.95. The van der Waals surface area contributed by atoms with Crippen molar-refractivity contribution >= 4 is 15.4 Å². The monoisotopic (exact) mass is 463 g/mol. The van der Waals surface area contributed by atoms with Crippen LogP contribution in [0.5, 0.6) is 0 Å². The van der Waals surface area contributed by atoms with Gasteiger partial charge in [-0.1, -0.05) is 30.7 Å². The van der Waals surface area contributed by atoms with E-state index < -0.39 is 21.6 Å². The first-order valence-corrected chi connectivity index (χ1v) is 12.7. The predicted octanol–water partition coefficient (Wildman–Crippen LogP) is 6.08. The number of rotatable bonds is 6. The van der Waals surface area contributed by atoms with Crippen LogP contribution in [0.15, 0.2) is 52.3 Å². The second-order valence-electron chi connectivity index (χ2n) is 8.70. The third kappa shape index (κ3) is 4.64. The summed E-state index contributed by atoms with van der Waals surface area (Å²) in [7, 11) is -3.64. The van der Waals surface area contributed by atoms with Crippen molar-refractivity contribution in [2.24, 2.45) is 0 Å². The van der Waals surface area contributed by atoms with E-state index >= 15 is 0 Å². The van der Waals surface area contributed by atoms with Crippen molar-refractivity contribution < 1.29 is 21.6 Å². The zero-order valence-corrected chi connectivity index (χ0v) is 19.0. The summed E-state index contributed by atoms with van der Waals surface area (Å²) in [6.07, 6.45) is 2.33. The normalized spacial score (nSPS) is 18.8. The molecule has 1 saturated heterocycles. The van der Waals surface area contributed by atoms with Crippen molar-refractivity contribution in [3.63, 3.8) is 0 Å². The maximum Gasteiger partial charge on any atom is 0.416 e. The number of piperidine rings is 1. The lowest BCUT2D eigenvalue weighted by molar-refractivity contribution is -0.137. The number of alkyl halides is 3. The van der Waals surface area contributed by atoms with E-state index in [1.165, 1.54) is 51.4 Å². The highest BCUT2D eigenvalue weighted by Crippen LogP contribution is 2.43. The first-order valence-electron chi connectivity index (χ1n) is 11.2. The van der Waals surface area contributed by atoms with Crippen LogP contribution >= 0.6 is 0 Å². The Balaban J connectivity index is 1.50. The number of likely N-dealkylation sites (tertiary alicyclic amines) is 1. The lowest BCUT2D eigenvalue weighted by Crippen LogP contribution is -2.30. The first-order chi connectivity index (χ1) is 15.2. The van der Waals surface area contributed by atoms with Gasteiger partial charge in [-0.3, -0.25) is 0 Å². The predicted molar refractivity (Wildman–Crippen MR) is 120 cm³/mol. The number of fused-ring (bicyclic) bond motifs is 1. The Bertz CT molecular complexity index is 1110. The molecule has 2 aromatic rings. The quantitative estimate of drug-likeness (QED) is 0.487. The molecule has 4 rings (SSSR count). The SMILES string of the molecule is CC1=C(c2ccc(C(F)(F)F)cc2)c2ccc(CCCCN3CCCCC3)cc2S1(=O)=O. The molecule has 3 nitrogen and oxygen atoms in total. The van der Waals surface area contributed by atoms with Crippen LogP contribution < -0.4 is 0 Å². The van der Waals surface area contributed by atoms with Gasteiger partial charge in [-0.2, -0.15) is 13.2 Å². The molecule has 0 spiro atoms. The fraction of sp³-hybridized carbons (Fsp3) is 0.440. The van der Waals surface area contributed by atoms with Crippen LogP contribution in [-0.4, -0.2) is 33.0 Å². The van der Waals surface area contributed by atoms with Crippen LogP contribution in [-0.2, 0) is 22.4 Å². The molecule has 0 atom stereocenters. The molecule has 32 heavy (non-hydrogen) atoms. The number of unbranched alkanes of at least 4 members (excludes halogenated alkanes) is 1. The molecule has 0 aromatic heterocycles. The fourth-order valence-corrected chi connectivity index (χ4v) is 6.26. The molecule has 0 aliphatic carbocycles. The standard InChI is InChI=1S/C25H28F3NO2S/c1-18-24(20-9-11-21(12-10-20)25(26,27)28)22-13-8-19(17-23(22)32(18,30)31)7-3-6-16-29-14-4-2-5-15-29/h8-13,17H,2-7,14-16H2,1H3. The zero-order chi connectivity index (χ0) is 22.9. The lowest BCUT2D eigenvalue weighted by atomic mass is 9.95. The molecule has 0 bridgehead atoms. The van der Waals surface area contributed by atoms with E-state index in [2.05, 4.69) is 4.90 Å². The number of hydrogen-bond acceptors (Lipinski definition) is 3. The number of halogens is 3. The van der Waals surface area contributed by atoms with Crippen LogP contribution in [0.1, 0.15) is 61.3 Å². The average Bonchev–Trinajstić information content (AvgIpc) is 2.97. The van der Waals surface area contributed by atoms with E-state index in [4.69, 9.17) is 0 Å². The van der Waals surface area contributed by atoms with Crippen molar-refractivity contribution in [3.05, 3.63) is 69.6 Å². The second kappa shape index (κ2) is 9.02. The van der Waals surface area contributed by atoms with Gasteiger partial charge in [0.25, 0.3) is 0 Å². The fourth-order valence-electron chi connectivity index (χ4n) is 4.67. The lowest BCUT2D eigenvalue weighted by Gasteiger charge is -2.26. The van der Waals surface area contributed by atoms with Crippen molar-refractivity contribution in [1.29, 1.82) is 0 Å². The zero-order valence-electron chi connectivity index (χ0n) is 18.2. The Labute approximate surface area is 187 Å². The van der Waals surface area contributed by atoms with Crippen molar-refractivity contribution in [2.45, 2.75) is 56.5 Å². The highest BCUT2D eigenvalue weighted by Gasteiger charge is 2.35. The minimum atomic E-state index is -4.43. The summed E-state index contributed by atoms with van der Waals surface area (Å²) in [5, 5.41) is 0. The van der Waals surface area contributed by atoms with Crippen molar-refractivity contribution in [2.75, 3.05) is 19.6 Å². The number of allylic oxidation sites excluding steroid dienone is 1. The molecule has 172 valence electrons. The molecule has 0 radical (unpaired) electrons. The summed E-state index contributed by atoms with van der Waals surface area (Å²) in [6, 6.07) is 10.2. The van der Waals surface area contributed by atoms with Gasteiger partial charge in [0.05, 0.1) is 15.4 Å². The van der Waals surface area contributed by atoms with Crippen LogP contribution in [0, 0.1) is 0 Å². The average molecular weight is 464 g/mol. The van der Waals surface area contributed by atoms with E-state index in [-0.39, 0.29) is 9.80 Å². The molecule has 0 N–H and O–H groups in total. The third-order valence-electron chi connectivity index (χ3n) is 6.50. The van der Waals surface area contributed by atoms with E-state index in [0.29, 0.717) is 16.7 Å². The van der Waals surface area contributed by atoms with Crippen LogP contribution in [0.25, 0.3) is 5.57 Å². The largest absolute Gasteiger partial charge is 0.416 e.